The van der Waals surface area contributed by atoms with E-state index in [0.29, 0.717) is 12.1 Å². The van der Waals surface area contributed by atoms with Gasteiger partial charge in [-0.15, -0.1) is 0 Å². The Morgan fingerprint density at radius 1 is 1.27 bits per heavy atom. The third-order valence-electron chi connectivity index (χ3n) is 4.11. The van der Waals surface area contributed by atoms with E-state index in [4.69, 9.17) is 5.26 Å². The van der Waals surface area contributed by atoms with Crippen molar-refractivity contribution in [2.45, 2.75) is 19.3 Å². The van der Waals surface area contributed by atoms with Crippen LogP contribution in [0.3, 0.4) is 0 Å². The van der Waals surface area contributed by atoms with Gasteiger partial charge in [-0.25, -0.2) is 0 Å². The van der Waals surface area contributed by atoms with Crippen LogP contribution in [-0.4, -0.2) is 15.0 Å². The maximum absolute atomic E-state index is 12.9. The monoisotopic (exact) mass is 291 g/mol. The standard InChI is InChI=1S/C18H17N3O/c1-3-14(18(22)21-10-6-7-13(21)11-19)16-12-20(2)17-9-5-4-8-15(16)17/h4-10,12,14H,3H2,1-2H3. The van der Waals surface area contributed by atoms with Crippen LogP contribution in [0.1, 0.15) is 35.3 Å². The third-order valence-corrected chi connectivity index (χ3v) is 4.11. The average molecular weight is 291 g/mol. The van der Waals surface area contributed by atoms with Gasteiger partial charge in [0.25, 0.3) is 0 Å². The number of carbonyl (C=O) groups excluding carboxylic acids is 1. The summed E-state index contributed by atoms with van der Waals surface area (Å²) in [5.74, 6) is -0.314. The molecule has 22 heavy (non-hydrogen) atoms. The van der Waals surface area contributed by atoms with E-state index in [-0.39, 0.29) is 11.8 Å². The van der Waals surface area contributed by atoms with Crippen LogP contribution in [0.5, 0.6) is 0 Å². The van der Waals surface area contributed by atoms with Gasteiger partial charge in [-0.3, -0.25) is 9.36 Å². The molecule has 2 aromatic heterocycles. The van der Waals surface area contributed by atoms with Crippen LogP contribution in [-0.2, 0) is 7.05 Å². The van der Waals surface area contributed by atoms with E-state index in [9.17, 15) is 4.79 Å². The average Bonchev–Trinajstić information content (AvgIpc) is 3.14. The quantitative estimate of drug-likeness (QED) is 0.739. The summed E-state index contributed by atoms with van der Waals surface area (Å²) in [6.07, 6.45) is 4.37. The summed E-state index contributed by atoms with van der Waals surface area (Å²) in [4.78, 5) is 12.9. The predicted molar refractivity (Wildman–Crippen MR) is 85.7 cm³/mol. The fraction of sp³-hybridized carbons (Fsp3) is 0.222. The molecule has 0 aliphatic carbocycles. The van der Waals surface area contributed by atoms with E-state index in [1.54, 1.807) is 18.3 Å². The second-order valence-corrected chi connectivity index (χ2v) is 5.39. The van der Waals surface area contributed by atoms with Gasteiger partial charge in [0, 0.05) is 30.3 Å². The van der Waals surface area contributed by atoms with Gasteiger partial charge in [0.15, 0.2) is 0 Å². The van der Waals surface area contributed by atoms with Crippen molar-refractivity contribution in [1.29, 1.82) is 5.26 Å². The highest BCUT2D eigenvalue weighted by Gasteiger charge is 2.25. The maximum Gasteiger partial charge on any atom is 0.239 e. The number of nitrogens with zero attached hydrogens (tertiary/aromatic N) is 3. The Kier molecular flexibility index (Phi) is 3.56. The molecule has 0 N–H and O–H groups in total. The molecular formula is C18H17N3O. The fourth-order valence-corrected chi connectivity index (χ4v) is 3.01. The van der Waals surface area contributed by atoms with Crippen LogP contribution < -0.4 is 0 Å². The number of hydrogen-bond acceptors (Lipinski definition) is 2. The first-order valence-corrected chi connectivity index (χ1v) is 7.33. The normalized spacial score (nSPS) is 12.2. The molecule has 0 saturated heterocycles. The first-order valence-electron chi connectivity index (χ1n) is 7.33. The number of fused-ring (bicyclic) bond motifs is 1. The van der Waals surface area contributed by atoms with Crippen molar-refractivity contribution in [3.8, 4) is 6.07 Å². The zero-order valence-corrected chi connectivity index (χ0v) is 12.7. The van der Waals surface area contributed by atoms with E-state index in [0.717, 1.165) is 16.5 Å². The minimum atomic E-state index is -0.259. The van der Waals surface area contributed by atoms with E-state index in [2.05, 4.69) is 6.07 Å². The largest absolute Gasteiger partial charge is 0.350 e. The molecule has 0 spiro atoms. The molecule has 1 aromatic carbocycles. The van der Waals surface area contributed by atoms with Crippen molar-refractivity contribution >= 4 is 16.8 Å². The SMILES string of the molecule is CCC(C(=O)n1cccc1C#N)c1cn(C)c2ccccc12. The van der Waals surface area contributed by atoms with E-state index < -0.39 is 0 Å². The summed E-state index contributed by atoms with van der Waals surface area (Å²) in [5.41, 5.74) is 2.50. The van der Waals surface area contributed by atoms with Crippen molar-refractivity contribution < 1.29 is 4.79 Å². The first-order chi connectivity index (χ1) is 10.7. The molecule has 4 nitrogen and oxygen atoms in total. The zero-order valence-electron chi connectivity index (χ0n) is 12.7. The zero-order chi connectivity index (χ0) is 15.7. The van der Waals surface area contributed by atoms with Gasteiger partial charge in [0.05, 0.1) is 5.92 Å². The number of hydrogen-bond donors (Lipinski definition) is 0. The Hall–Kier alpha value is -2.80. The second kappa shape index (κ2) is 5.53. The van der Waals surface area contributed by atoms with Crippen LogP contribution in [0, 0.1) is 11.3 Å². The van der Waals surface area contributed by atoms with Gasteiger partial charge in [0.1, 0.15) is 11.8 Å². The highest BCUT2D eigenvalue weighted by Crippen LogP contribution is 2.30. The third kappa shape index (κ3) is 2.11. The topological polar surface area (TPSA) is 50.7 Å². The van der Waals surface area contributed by atoms with Gasteiger partial charge in [0.2, 0.25) is 5.91 Å². The van der Waals surface area contributed by atoms with Crippen molar-refractivity contribution in [2.24, 2.45) is 7.05 Å². The molecular weight excluding hydrogens is 274 g/mol. The van der Waals surface area contributed by atoms with Gasteiger partial charge in [-0.05, 0) is 30.2 Å². The van der Waals surface area contributed by atoms with E-state index >= 15 is 0 Å². The number of carbonyl (C=O) groups is 1. The molecule has 0 bridgehead atoms. The van der Waals surface area contributed by atoms with Crippen LogP contribution in [0.4, 0.5) is 0 Å². The summed E-state index contributed by atoms with van der Waals surface area (Å²) in [6, 6.07) is 13.5. The fourth-order valence-electron chi connectivity index (χ4n) is 3.01. The smallest absolute Gasteiger partial charge is 0.239 e. The Bertz CT molecular complexity index is 879. The Labute approximate surface area is 129 Å². The van der Waals surface area contributed by atoms with Gasteiger partial charge < -0.3 is 4.57 Å². The lowest BCUT2D eigenvalue weighted by Gasteiger charge is -2.14. The molecule has 3 aromatic rings. The number of para-hydroxylation sites is 1. The van der Waals surface area contributed by atoms with Crippen molar-refractivity contribution in [3.05, 3.63) is 60.0 Å². The molecule has 110 valence electrons. The van der Waals surface area contributed by atoms with Crippen molar-refractivity contribution in [2.75, 3.05) is 0 Å². The second-order valence-electron chi connectivity index (χ2n) is 5.39. The molecule has 0 fully saturated rings. The summed E-state index contributed by atoms with van der Waals surface area (Å²) in [5, 5.41) is 10.2. The number of aromatic nitrogens is 2. The van der Waals surface area contributed by atoms with Crippen LogP contribution in [0.15, 0.2) is 48.8 Å². The highest BCUT2D eigenvalue weighted by atomic mass is 16.2. The molecule has 0 aliphatic heterocycles. The molecule has 1 atom stereocenters. The number of rotatable bonds is 3. The molecule has 0 amide bonds. The molecule has 4 heteroatoms. The van der Waals surface area contributed by atoms with Gasteiger partial charge >= 0.3 is 0 Å². The predicted octanol–water partition coefficient (Wildman–Crippen LogP) is 3.69. The summed E-state index contributed by atoms with van der Waals surface area (Å²) < 4.78 is 3.50. The Balaban J connectivity index is 2.11. The summed E-state index contributed by atoms with van der Waals surface area (Å²) in [6.45, 7) is 2.00. The lowest BCUT2D eigenvalue weighted by atomic mass is 9.95. The van der Waals surface area contributed by atoms with Crippen LogP contribution in [0.25, 0.3) is 10.9 Å². The van der Waals surface area contributed by atoms with Crippen molar-refractivity contribution in [1.82, 2.24) is 9.13 Å². The highest BCUT2D eigenvalue weighted by molar-refractivity contribution is 5.94. The lowest BCUT2D eigenvalue weighted by molar-refractivity contribution is 0.0875. The summed E-state index contributed by atoms with van der Waals surface area (Å²) in [7, 11) is 1.99. The van der Waals surface area contributed by atoms with Gasteiger partial charge in [-0.1, -0.05) is 25.1 Å². The minimum absolute atomic E-state index is 0.0552. The lowest BCUT2D eigenvalue weighted by Crippen LogP contribution is -2.20. The Morgan fingerprint density at radius 3 is 2.77 bits per heavy atom. The molecule has 0 aliphatic rings. The summed E-state index contributed by atoms with van der Waals surface area (Å²) >= 11 is 0. The number of aryl methyl sites for hydroxylation is 1. The molecule has 0 radical (unpaired) electrons. The molecule has 0 saturated carbocycles. The van der Waals surface area contributed by atoms with Crippen LogP contribution >= 0.6 is 0 Å². The van der Waals surface area contributed by atoms with Crippen LogP contribution in [0.2, 0.25) is 0 Å². The Morgan fingerprint density at radius 2 is 2.05 bits per heavy atom. The molecule has 3 rings (SSSR count). The molecule has 1 unspecified atom stereocenters. The van der Waals surface area contributed by atoms with Crippen molar-refractivity contribution in [3.63, 3.8) is 0 Å². The first kappa shape index (κ1) is 14.2. The molecule has 2 heterocycles. The number of benzene rings is 1. The minimum Gasteiger partial charge on any atom is -0.350 e. The maximum atomic E-state index is 12.9. The van der Waals surface area contributed by atoms with E-state index in [1.807, 2.05) is 49.0 Å². The van der Waals surface area contributed by atoms with E-state index in [1.165, 1.54) is 4.57 Å². The van der Waals surface area contributed by atoms with Gasteiger partial charge in [-0.2, -0.15) is 5.26 Å². The number of nitriles is 1.